The van der Waals surface area contributed by atoms with Gasteiger partial charge in [0.05, 0.1) is 5.02 Å². The molecule has 1 N–H and O–H groups in total. The lowest BCUT2D eigenvalue weighted by molar-refractivity contribution is 0.0908. The third-order valence-electron chi connectivity index (χ3n) is 3.30. The van der Waals surface area contributed by atoms with Gasteiger partial charge in [-0.2, -0.15) is 0 Å². The van der Waals surface area contributed by atoms with Crippen LogP contribution in [0.3, 0.4) is 0 Å². The lowest BCUT2D eigenvalue weighted by Gasteiger charge is -2.25. The normalized spacial score (nSPS) is 18.1. The maximum atomic E-state index is 12.1. The van der Waals surface area contributed by atoms with Crippen LogP contribution in [0.15, 0.2) is 22.7 Å². The molecule has 1 aromatic rings. The smallest absolute Gasteiger partial charge is 0.251 e. The fourth-order valence-corrected chi connectivity index (χ4v) is 2.69. The van der Waals surface area contributed by atoms with E-state index < -0.39 is 0 Å². The van der Waals surface area contributed by atoms with Gasteiger partial charge in [-0.25, -0.2) is 0 Å². The van der Waals surface area contributed by atoms with Crippen molar-refractivity contribution in [2.45, 2.75) is 38.1 Å². The quantitative estimate of drug-likeness (QED) is 0.872. The van der Waals surface area contributed by atoms with E-state index in [9.17, 15) is 4.79 Å². The summed E-state index contributed by atoms with van der Waals surface area (Å²) in [5.41, 5.74) is 0.572. The molecule has 0 radical (unpaired) electrons. The van der Waals surface area contributed by atoms with Gasteiger partial charge in [-0.15, -0.1) is 0 Å². The number of rotatable bonds is 2. The Morgan fingerprint density at radius 1 is 1.41 bits per heavy atom. The molecule has 0 heterocycles. The highest BCUT2D eigenvalue weighted by Crippen LogP contribution is 2.29. The molecule has 0 unspecified atom stereocenters. The van der Waals surface area contributed by atoms with Crippen molar-refractivity contribution in [2.75, 3.05) is 0 Å². The van der Waals surface area contributed by atoms with Gasteiger partial charge in [0.25, 0.3) is 5.91 Å². The zero-order chi connectivity index (χ0) is 12.5. The second-order valence-electron chi connectivity index (χ2n) is 4.85. The summed E-state index contributed by atoms with van der Waals surface area (Å²) >= 11 is 9.30. The molecular weight excluding hydrogens is 302 g/mol. The minimum atomic E-state index is -0.0450. The molecule has 1 aromatic carbocycles. The van der Waals surface area contributed by atoms with Crippen molar-refractivity contribution >= 4 is 33.4 Å². The van der Waals surface area contributed by atoms with Gasteiger partial charge in [-0.3, -0.25) is 4.79 Å². The van der Waals surface area contributed by atoms with E-state index in [0.717, 1.165) is 17.3 Å². The number of halogens is 2. The van der Waals surface area contributed by atoms with Crippen LogP contribution >= 0.6 is 27.5 Å². The number of amides is 1. The Bertz CT molecular complexity index is 441. The molecule has 0 aromatic heterocycles. The SMILES string of the molecule is CC1(NC(=O)c2ccc(Br)c(Cl)c2)CCCC1. The number of benzene rings is 1. The van der Waals surface area contributed by atoms with Crippen LogP contribution in [0, 0.1) is 0 Å². The first-order valence-corrected chi connectivity index (χ1v) is 6.95. The number of carbonyl (C=O) groups excluding carboxylic acids is 1. The lowest BCUT2D eigenvalue weighted by Crippen LogP contribution is -2.43. The molecule has 2 rings (SSSR count). The van der Waals surface area contributed by atoms with Crippen LogP contribution in [0.5, 0.6) is 0 Å². The molecule has 0 saturated heterocycles. The highest BCUT2D eigenvalue weighted by Gasteiger charge is 2.30. The number of hydrogen-bond donors (Lipinski definition) is 1. The Morgan fingerprint density at radius 3 is 2.65 bits per heavy atom. The Balaban J connectivity index is 2.11. The molecule has 17 heavy (non-hydrogen) atoms. The van der Waals surface area contributed by atoms with E-state index in [-0.39, 0.29) is 11.4 Å². The maximum absolute atomic E-state index is 12.1. The first-order valence-electron chi connectivity index (χ1n) is 5.78. The van der Waals surface area contributed by atoms with Gasteiger partial charge in [0.1, 0.15) is 0 Å². The second kappa shape index (κ2) is 4.99. The minimum Gasteiger partial charge on any atom is -0.347 e. The molecular formula is C13H15BrClNO. The summed E-state index contributed by atoms with van der Waals surface area (Å²) in [6.07, 6.45) is 4.50. The molecule has 0 bridgehead atoms. The van der Waals surface area contributed by atoms with Crippen LogP contribution in [0.4, 0.5) is 0 Å². The van der Waals surface area contributed by atoms with Crippen molar-refractivity contribution < 1.29 is 4.79 Å². The summed E-state index contributed by atoms with van der Waals surface area (Å²) in [6.45, 7) is 2.11. The highest BCUT2D eigenvalue weighted by atomic mass is 79.9. The molecule has 0 spiro atoms. The van der Waals surface area contributed by atoms with E-state index in [4.69, 9.17) is 11.6 Å². The zero-order valence-electron chi connectivity index (χ0n) is 9.72. The summed E-state index contributed by atoms with van der Waals surface area (Å²) < 4.78 is 0.808. The van der Waals surface area contributed by atoms with E-state index in [0.29, 0.717) is 10.6 Å². The van der Waals surface area contributed by atoms with Crippen LogP contribution < -0.4 is 5.32 Å². The fraction of sp³-hybridized carbons (Fsp3) is 0.462. The number of carbonyl (C=O) groups is 1. The van der Waals surface area contributed by atoms with Gasteiger partial charge in [0, 0.05) is 15.6 Å². The highest BCUT2D eigenvalue weighted by molar-refractivity contribution is 9.10. The van der Waals surface area contributed by atoms with Gasteiger partial charge < -0.3 is 5.32 Å². The third-order valence-corrected chi connectivity index (χ3v) is 4.54. The fourth-order valence-electron chi connectivity index (χ4n) is 2.26. The zero-order valence-corrected chi connectivity index (χ0v) is 12.1. The molecule has 2 nitrogen and oxygen atoms in total. The minimum absolute atomic E-state index is 0.0381. The largest absolute Gasteiger partial charge is 0.347 e. The Kier molecular flexibility index (Phi) is 3.79. The predicted molar refractivity (Wildman–Crippen MR) is 73.5 cm³/mol. The summed E-state index contributed by atoms with van der Waals surface area (Å²) in [7, 11) is 0. The van der Waals surface area contributed by atoms with Crippen molar-refractivity contribution in [3.63, 3.8) is 0 Å². The van der Waals surface area contributed by atoms with Crippen molar-refractivity contribution in [3.8, 4) is 0 Å². The van der Waals surface area contributed by atoms with Crippen LogP contribution in [0.2, 0.25) is 5.02 Å². The molecule has 1 fully saturated rings. The molecule has 1 saturated carbocycles. The first kappa shape index (κ1) is 12.9. The lowest BCUT2D eigenvalue weighted by atomic mass is 10.00. The molecule has 1 amide bonds. The summed E-state index contributed by atoms with van der Waals surface area (Å²) in [5, 5.41) is 3.67. The van der Waals surface area contributed by atoms with E-state index >= 15 is 0 Å². The van der Waals surface area contributed by atoms with E-state index in [1.165, 1.54) is 12.8 Å². The van der Waals surface area contributed by atoms with Crippen LogP contribution in [-0.2, 0) is 0 Å². The standard InChI is InChI=1S/C13H15BrClNO/c1-13(6-2-3-7-13)16-12(17)9-4-5-10(14)11(15)8-9/h4-5,8H,2-3,6-7H2,1H3,(H,16,17). The topological polar surface area (TPSA) is 29.1 Å². The summed E-state index contributed by atoms with van der Waals surface area (Å²) in [5.74, 6) is -0.0381. The molecule has 92 valence electrons. The van der Waals surface area contributed by atoms with Crippen LogP contribution in [-0.4, -0.2) is 11.4 Å². The average molecular weight is 317 g/mol. The monoisotopic (exact) mass is 315 g/mol. The number of nitrogens with one attached hydrogen (secondary N) is 1. The van der Waals surface area contributed by atoms with Gasteiger partial charge >= 0.3 is 0 Å². The predicted octanol–water partition coefficient (Wildman–Crippen LogP) is 4.17. The van der Waals surface area contributed by atoms with Crippen molar-refractivity contribution in [1.82, 2.24) is 5.32 Å². The Hall–Kier alpha value is -0.540. The van der Waals surface area contributed by atoms with Crippen molar-refractivity contribution in [2.24, 2.45) is 0 Å². The maximum Gasteiger partial charge on any atom is 0.251 e. The van der Waals surface area contributed by atoms with Gasteiger partial charge in [0.15, 0.2) is 0 Å². The van der Waals surface area contributed by atoms with Gasteiger partial charge in [-0.05, 0) is 53.9 Å². The first-order chi connectivity index (χ1) is 8.00. The Morgan fingerprint density at radius 2 is 2.06 bits per heavy atom. The average Bonchev–Trinajstić information content (AvgIpc) is 2.69. The van der Waals surface area contributed by atoms with Crippen LogP contribution in [0.25, 0.3) is 0 Å². The second-order valence-corrected chi connectivity index (χ2v) is 6.11. The van der Waals surface area contributed by atoms with Crippen molar-refractivity contribution in [3.05, 3.63) is 33.3 Å². The van der Waals surface area contributed by atoms with Crippen LogP contribution in [0.1, 0.15) is 43.0 Å². The molecule has 0 atom stereocenters. The van der Waals surface area contributed by atoms with Crippen molar-refractivity contribution in [1.29, 1.82) is 0 Å². The Labute approximate surface area is 115 Å². The molecule has 4 heteroatoms. The molecule has 1 aliphatic carbocycles. The molecule has 1 aliphatic rings. The summed E-state index contributed by atoms with van der Waals surface area (Å²) in [6, 6.07) is 5.27. The summed E-state index contributed by atoms with van der Waals surface area (Å²) in [4.78, 5) is 12.1. The van der Waals surface area contributed by atoms with E-state index in [1.807, 2.05) is 0 Å². The van der Waals surface area contributed by atoms with Gasteiger partial charge in [-0.1, -0.05) is 24.4 Å². The number of hydrogen-bond acceptors (Lipinski definition) is 1. The third kappa shape index (κ3) is 3.02. The molecule has 0 aliphatic heterocycles. The van der Waals surface area contributed by atoms with E-state index in [1.54, 1.807) is 18.2 Å². The van der Waals surface area contributed by atoms with E-state index in [2.05, 4.69) is 28.2 Å². The van der Waals surface area contributed by atoms with Gasteiger partial charge in [0.2, 0.25) is 0 Å².